The number of aryl methyl sites for hydroxylation is 2. The minimum atomic E-state index is -0.986. The fraction of sp³-hybridized carbons (Fsp3) is 0.182. The number of aromatic carboxylic acids is 1. The van der Waals surface area contributed by atoms with Crippen LogP contribution in [0.4, 0.5) is 0 Å². The minimum absolute atomic E-state index is 0.0105. The van der Waals surface area contributed by atoms with Crippen LogP contribution in [-0.2, 0) is 9.59 Å². The van der Waals surface area contributed by atoms with E-state index in [2.05, 4.69) is 11.9 Å². The van der Waals surface area contributed by atoms with Crippen molar-refractivity contribution in [3.8, 4) is 5.69 Å². The number of thiocarbonyl (C=S) groups is 1. The molecule has 0 atom stereocenters. The largest absolute Gasteiger partial charge is 0.478 e. The van der Waals surface area contributed by atoms with Crippen molar-refractivity contribution in [3.05, 3.63) is 70.6 Å². The molecule has 2 amide bonds. The first kappa shape index (κ1) is 21.2. The molecule has 1 aromatic carbocycles. The third kappa shape index (κ3) is 3.69. The van der Waals surface area contributed by atoms with Crippen molar-refractivity contribution in [3.63, 3.8) is 0 Å². The lowest BCUT2D eigenvalue weighted by Gasteiger charge is -2.27. The SMILES string of the molecule is C=CCN1C(=O)C(=Cc2cc(C)n(-c3ccc(C(=O)O)cc3C)c2C)C(=O)NC1=S. The summed E-state index contributed by atoms with van der Waals surface area (Å²) in [5.41, 5.74) is 4.23. The summed E-state index contributed by atoms with van der Waals surface area (Å²) < 4.78 is 1.96. The summed E-state index contributed by atoms with van der Waals surface area (Å²) in [5, 5.41) is 11.8. The number of nitrogens with zero attached hydrogens (tertiary/aromatic N) is 2. The van der Waals surface area contributed by atoms with E-state index in [1.165, 1.54) is 11.0 Å². The predicted molar refractivity (Wildman–Crippen MR) is 118 cm³/mol. The van der Waals surface area contributed by atoms with E-state index < -0.39 is 17.8 Å². The van der Waals surface area contributed by atoms with Crippen molar-refractivity contribution in [1.29, 1.82) is 0 Å². The first-order valence-electron chi connectivity index (χ1n) is 9.18. The number of amides is 2. The van der Waals surface area contributed by atoms with E-state index in [1.807, 2.05) is 31.4 Å². The quantitative estimate of drug-likeness (QED) is 0.334. The molecule has 1 aliphatic heterocycles. The Balaban J connectivity index is 2.07. The molecule has 0 bridgehead atoms. The summed E-state index contributed by atoms with van der Waals surface area (Å²) in [7, 11) is 0. The topological polar surface area (TPSA) is 91.6 Å². The summed E-state index contributed by atoms with van der Waals surface area (Å²) in [6.45, 7) is 9.43. The molecule has 1 aromatic heterocycles. The molecule has 0 unspecified atom stereocenters. The molecule has 2 N–H and O–H groups in total. The van der Waals surface area contributed by atoms with Gasteiger partial charge in [0.15, 0.2) is 5.11 Å². The molecule has 0 radical (unpaired) electrons. The van der Waals surface area contributed by atoms with Crippen molar-refractivity contribution in [2.24, 2.45) is 0 Å². The van der Waals surface area contributed by atoms with Gasteiger partial charge in [-0.2, -0.15) is 0 Å². The van der Waals surface area contributed by atoms with Gasteiger partial charge < -0.3 is 9.67 Å². The van der Waals surface area contributed by atoms with Gasteiger partial charge in [0.1, 0.15) is 5.57 Å². The van der Waals surface area contributed by atoms with Crippen LogP contribution in [0, 0.1) is 20.8 Å². The van der Waals surface area contributed by atoms with Gasteiger partial charge in [0, 0.05) is 23.6 Å². The summed E-state index contributed by atoms with van der Waals surface area (Å²) in [6, 6.07) is 6.78. The molecule has 0 saturated carbocycles. The number of nitrogens with one attached hydrogen (secondary N) is 1. The summed E-state index contributed by atoms with van der Waals surface area (Å²) in [4.78, 5) is 37.7. The van der Waals surface area contributed by atoms with Gasteiger partial charge in [-0.05, 0) is 74.5 Å². The van der Waals surface area contributed by atoms with Gasteiger partial charge in [0.05, 0.1) is 5.56 Å². The third-order valence-corrected chi connectivity index (χ3v) is 5.27. The van der Waals surface area contributed by atoms with E-state index in [-0.39, 0.29) is 22.8 Å². The third-order valence-electron chi connectivity index (χ3n) is 4.95. The van der Waals surface area contributed by atoms with Gasteiger partial charge in [0.2, 0.25) is 0 Å². The normalized spacial score (nSPS) is 15.5. The molecule has 2 aromatic rings. The van der Waals surface area contributed by atoms with Crippen LogP contribution < -0.4 is 5.32 Å². The van der Waals surface area contributed by atoms with E-state index in [9.17, 15) is 19.5 Å². The summed E-state index contributed by atoms with van der Waals surface area (Å²) in [6.07, 6.45) is 3.09. The number of hydrogen-bond donors (Lipinski definition) is 2. The van der Waals surface area contributed by atoms with Gasteiger partial charge >= 0.3 is 5.97 Å². The lowest BCUT2D eigenvalue weighted by Crippen LogP contribution is -2.53. The van der Waals surface area contributed by atoms with Crippen molar-refractivity contribution >= 4 is 41.2 Å². The van der Waals surface area contributed by atoms with Crippen LogP contribution in [0.3, 0.4) is 0 Å². The monoisotopic (exact) mass is 423 g/mol. The fourth-order valence-electron chi connectivity index (χ4n) is 3.49. The lowest BCUT2D eigenvalue weighted by atomic mass is 10.1. The molecule has 1 fully saturated rings. The highest BCUT2D eigenvalue weighted by molar-refractivity contribution is 7.80. The van der Waals surface area contributed by atoms with Crippen LogP contribution in [-0.4, -0.2) is 44.0 Å². The fourth-order valence-corrected chi connectivity index (χ4v) is 3.74. The second-order valence-corrected chi connectivity index (χ2v) is 7.38. The molecule has 1 saturated heterocycles. The first-order valence-corrected chi connectivity index (χ1v) is 9.59. The maximum absolute atomic E-state index is 12.8. The second kappa shape index (κ2) is 8.08. The van der Waals surface area contributed by atoms with E-state index in [4.69, 9.17) is 12.2 Å². The van der Waals surface area contributed by atoms with Crippen LogP contribution >= 0.6 is 12.2 Å². The Labute approximate surface area is 179 Å². The zero-order chi connectivity index (χ0) is 22.2. The predicted octanol–water partition coefficient (Wildman–Crippen LogP) is 2.91. The van der Waals surface area contributed by atoms with Gasteiger partial charge in [-0.15, -0.1) is 6.58 Å². The minimum Gasteiger partial charge on any atom is -0.478 e. The van der Waals surface area contributed by atoms with Crippen molar-refractivity contribution in [1.82, 2.24) is 14.8 Å². The maximum atomic E-state index is 12.8. The maximum Gasteiger partial charge on any atom is 0.335 e. The lowest BCUT2D eigenvalue weighted by molar-refractivity contribution is -0.128. The number of rotatable bonds is 5. The molecule has 0 spiro atoms. The first-order chi connectivity index (χ1) is 14.1. The number of carboxylic acid groups (broad SMARTS) is 1. The number of carbonyl (C=O) groups excluding carboxylic acids is 2. The van der Waals surface area contributed by atoms with Gasteiger partial charge in [-0.3, -0.25) is 19.8 Å². The van der Waals surface area contributed by atoms with Crippen molar-refractivity contribution < 1.29 is 19.5 Å². The Morgan fingerprint density at radius 2 is 1.93 bits per heavy atom. The molecule has 2 heterocycles. The van der Waals surface area contributed by atoms with E-state index >= 15 is 0 Å². The molecule has 0 aliphatic carbocycles. The van der Waals surface area contributed by atoms with Crippen LogP contribution in [0.1, 0.15) is 32.9 Å². The highest BCUT2D eigenvalue weighted by atomic mass is 32.1. The average molecular weight is 423 g/mol. The Hall–Kier alpha value is -3.52. The van der Waals surface area contributed by atoms with Gasteiger partial charge in [-0.1, -0.05) is 6.08 Å². The Morgan fingerprint density at radius 1 is 1.23 bits per heavy atom. The standard InChI is InChI=1S/C22H21N3O4S/c1-5-8-24-20(27)17(19(26)23-22(24)30)11-16-10-13(3)25(14(16)4)18-7-6-15(21(28)29)9-12(18)2/h5-7,9-11H,1,8H2,2-4H3,(H,28,29)(H,23,26,30). The highest BCUT2D eigenvalue weighted by Crippen LogP contribution is 2.26. The van der Waals surface area contributed by atoms with Crippen LogP contribution in [0.5, 0.6) is 0 Å². The molecular formula is C22H21N3O4S. The van der Waals surface area contributed by atoms with E-state index in [0.29, 0.717) is 5.56 Å². The van der Waals surface area contributed by atoms with Crippen LogP contribution in [0.2, 0.25) is 0 Å². The number of aromatic nitrogens is 1. The van der Waals surface area contributed by atoms with E-state index in [1.54, 1.807) is 24.3 Å². The zero-order valence-electron chi connectivity index (χ0n) is 16.9. The molecular weight excluding hydrogens is 402 g/mol. The number of carboxylic acids is 1. The smallest absolute Gasteiger partial charge is 0.335 e. The zero-order valence-corrected chi connectivity index (χ0v) is 17.7. The van der Waals surface area contributed by atoms with Crippen LogP contribution in [0.15, 0.2) is 42.5 Å². The van der Waals surface area contributed by atoms with Gasteiger partial charge in [-0.25, -0.2) is 4.79 Å². The van der Waals surface area contributed by atoms with Crippen molar-refractivity contribution in [2.75, 3.05) is 6.54 Å². The Bertz CT molecular complexity index is 1140. The van der Waals surface area contributed by atoms with Crippen molar-refractivity contribution in [2.45, 2.75) is 20.8 Å². The molecule has 7 nitrogen and oxygen atoms in total. The summed E-state index contributed by atoms with van der Waals surface area (Å²) >= 11 is 5.07. The molecule has 1 aliphatic rings. The molecule has 3 rings (SSSR count). The Morgan fingerprint density at radius 3 is 2.53 bits per heavy atom. The highest BCUT2D eigenvalue weighted by Gasteiger charge is 2.33. The number of benzene rings is 1. The molecule has 30 heavy (non-hydrogen) atoms. The Kier molecular flexibility index (Phi) is 5.71. The number of carbonyl (C=O) groups is 3. The molecule has 8 heteroatoms. The van der Waals surface area contributed by atoms with E-state index in [0.717, 1.165) is 22.6 Å². The second-order valence-electron chi connectivity index (χ2n) is 6.99. The molecule has 154 valence electrons. The number of hydrogen-bond acceptors (Lipinski definition) is 4. The van der Waals surface area contributed by atoms with Gasteiger partial charge in [0.25, 0.3) is 11.8 Å². The summed E-state index contributed by atoms with van der Waals surface area (Å²) in [5.74, 6) is -2.01. The average Bonchev–Trinajstić information content (AvgIpc) is 2.95. The van der Waals surface area contributed by atoms with Crippen LogP contribution in [0.25, 0.3) is 11.8 Å².